The molecule has 0 unspecified atom stereocenters. The van der Waals surface area contributed by atoms with Crippen molar-refractivity contribution >= 4 is 23.5 Å². The Morgan fingerprint density at radius 3 is 2.23 bits per heavy atom. The Balaban J connectivity index is 2.18. The monoisotopic (exact) mass is 354 g/mol. The molecule has 0 aromatic heterocycles. The summed E-state index contributed by atoms with van der Waals surface area (Å²) in [5.74, 6) is -1.85. The predicted molar refractivity (Wildman–Crippen MR) is 99.3 cm³/mol. The SMILES string of the molecule is CC(=O)Nc1cccc(C(=O)N[C@@H](Cc2c(C)cccc2C)C(=O)O)c1. The van der Waals surface area contributed by atoms with E-state index in [0.29, 0.717) is 5.69 Å². The smallest absolute Gasteiger partial charge is 0.326 e. The highest BCUT2D eigenvalue weighted by Gasteiger charge is 2.22. The van der Waals surface area contributed by atoms with Gasteiger partial charge in [-0.25, -0.2) is 4.79 Å². The number of aryl methyl sites for hydroxylation is 2. The average molecular weight is 354 g/mol. The molecule has 0 fully saturated rings. The Morgan fingerprint density at radius 1 is 1.04 bits per heavy atom. The zero-order chi connectivity index (χ0) is 19.3. The molecule has 0 spiro atoms. The van der Waals surface area contributed by atoms with Crippen LogP contribution in [0, 0.1) is 13.8 Å². The van der Waals surface area contributed by atoms with Gasteiger partial charge in [0, 0.05) is 24.6 Å². The van der Waals surface area contributed by atoms with Gasteiger partial charge in [-0.05, 0) is 48.7 Å². The molecule has 0 bridgehead atoms. The first kappa shape index (κ1) is 19.2. The Morgan fingerprint density at radius 2 is 1.65 bits per heavy atom. The number of carboxylic acid groups (broad SMARTS) is 1. The molecular formula is C20H22N2O4. The van der Waals surface area contributed by atoms with Crippen molar-refractivity contribution in [1.29, 1.82) is 0 Å². The quantitative estimate of drug-likeness (QED) is 0.743. The molecule has 0 aliphatic rings. The normalized spacial score (nSPS) is 11.5. The second-order valence-electron chi connectivity index (χ2n) is 6.20. The van der Waals surface area contributed by atoms with E-state index in [1.807, 2.05) is 32.0 Å². The summed E-state index contributed by atoms with van der Waals surface area (Å²) in [5, 5.41) is 14.7. The number of aliphatic carboxylic acids is 1. The summed E-state index contributed by atoms with van der Waals surface area (Å²) in [6, 6.07) is 11.1. The van der Waals surface area contributed by atoms with Crippen LogP contribution in [0.3, 0.4) is 0 Å². The van der Waals surface area contributed by atoms with Crippen LogP contribution in [0.25, 0.3) is 0 Å². The molecule has 136 valence electrons. The third-order valence-electron chi connectivity index (χ3n) is 4.10. The van der Waals surface area contributed by atoms with Crippen LogP contribution in [-0.2, 0) is 16.0 Å². The van der Waals surface area contributed by atoms with E-state index < -0.39 is 17.9 Å². The van der Waals surface area contributed by atoms with E-state index in [4.69, 9.17) is 0 Å². The van der Waals surface area contributed by atoms with Crippen molar-refractivity contribution in [3.63, 3.8) is 0 Å². The Kier molecular flexibility index (Phi) is 6.11. The Bertz CT molecular complexity index is 825. The number of hydrogen-bond donors (Lipinski definition) is 3. The molecule has 0 aliphatic heterocycles. The summed E-state index contributed by atoms with van der Waals surface area (Å²) in [7, 11) is 0. The van der Waals surface area contributed by atoms with Gasteiger partial charge in [-0.2, -0.15) is 0 Å². The zero-order valence-corrected chi connectivity index (χ0v) is 15.0. The van der Waals surface area contributed by atoms with Crippen molar-refractivity contribution in [2.45, 2.75) is 33.2 Å². The molecule has 0 saturated carbocycles. The maximum atomic E-state index is 12.5. The Hall–Kier alpha value is -3.15. The predicted octanol–water partition coefficient (Wildman–Crippen LogP) is 2.69. The van der Waals surface area contributed by atoms with Crippen molar-refractivity contribution < 1.29 is 19.5 Å². The molecule has 2 amide bonds. The summed E-state index contributed by atoms with van der Waals surface area (Å²) in [4.78, 5) is 35.2. The molecule has 6 heteroatoms. The number of nitrogens with one attached hydrogen (secondary N) is 2. The molecule has 2 rings (SSSR count). The molecule has 1 atom stereocenters. The average Bonchev–Trinajstić information content (AvgIpc) is 2.56. The first-order valence-electron chi connectivity index (χ1n) is 8.24. The largest absolute Gasteiger partial charge is 0.480 e. The second-order valence-corrected chi connectivity index (χ2v) is 6.20. The van der Waals surface area contributed by atoms with E-state index in [9.17, 15) is 19.5 Å². The fraction of sp³-hybridized carbons (Fsp3) is 0.250. The molecule has 2 aromatic rings. The third-order valence-corrected chi connectivity index (χ3v) is 4.10. The number of carbonyl (C=O) groups excluding carboxylic acids is 2. The number of carboxylic acids is 1. The van der Waals surface area contributed by atoms with E-state index in [-0.39, 0.29) is 17.9 Å². The fourth-order valence-electron chi connectivity index (χ4n) is 2.76. The van der Waals surface area contributed by atoms with Crippen molar-refractivity contribution in [2.24, 2.45) is 0 Å². The van der Waals surface area contributed by atoms with E-state index >= 15 is 0 Å². The molecule has 0 aliphatic carbocycles. The van der Waals surface area contributed by atoms with Crippen LogP contribution in [-0.4, -0.2) is 28.9 Å². The van der Waals surface area contributed by atoms with Crippen molar-refractivity contribution in [3.8, 4) is 0 Å². The summed E-state index contributed by atoms with van der Waals surface area (Å²) >= 11 is 0. The lowest BCUT2D eigenvalue weighted by Crippen LogP contribution is -2.42. The van der Waals surface area contributed by atoms with Crippen LogP contribution in [0.15, 0.2) is 42.5 Å². The Labute approximate surface area is 152 Å². The van der Waals surface area contributed by atoms with Gasteiger partial charge in [-0.15, -0.1) is 0 Å². The minimum Gasteiger partial charge on any atom is -0.480 e. The van der Waals surface area contributed by atoms with Gasteiger partial charge in [-0.1, -0.05) is 24.3 Å². The maximum Gasteiger partial charge on any atom is 0.326 e. The number of hydrogen-bond acceptors (Lipinski definition) is 3. The number of amides is 2. The van der Waals surface area contributed by atoms with Gasteiger partial charge in [0.05, 0.1) is 0 Å². The molecule has 2 aromatic carbocycles. The van der Waals surface area contributed by atoms with Crippen LogP contribution >= 0.6 is 0 Å². The van der Waals surface area contributed by atoms with Gasteiger partial charge in [0.2, 0.25) is 5.91 Å². The van der Waals surface area contributed by atoms with E-state index in [0.717, 1.165) is 16.7 Å². The van der Waals surface area contributed by atoms with Gasteiger partial charge in [0.1, 0.15) is 6.04 Å². The molecule has 0 radical (unpaired) electrons. The van der Waals surface area contributed by atoms with Gasteiger partial charge < -0.3 is 15.7 Å². The minimum atomic E-state index is -1.10. The van der Waals surface area contributed by atoms with Crippen LogP contribution in [0.2, 0.25) is 0 Å². The lowest BCUT2D eigenvalue weighted by Gasteiger charge is -2.18. The second kappa shape index (κ2) is 8.29. The van der Waals surface area contributed by atoms with Crippen LogP contribution in [0.1, 0.15) is 34.0 Å². The van der Waals surface area contributed by atoms with Crippen LogP contribution in [0.5, 0.6) is 0 Å². The lowest BCUT2D eigenvalue weighted by molar-refractivity contribution is -0.139. The summed E-state index contributed by atoms with van der Waals surface area (Å²) in [6.07, 6.45) is 0.199. The van der Waals surface area contributed by atoms with Crippen molar-refractivity contribution in [3.05, 3.63) is 64.7 Å². The highest BCUT2D eigenvalue weighted by Crippen LogP contribution is 2.16. The fourth-order valence-corrected chi connectivity index (χ4v) is 2.76. The molecule has 6 nitrogen and oxygen atoms in total. The summed E-state index contributed by atoms with van der Waals surface area (Å²) in [5.41, 5.74) is 3.64. The molecule has 0 saturated heterocycles. The molecular weight excluding hydrogens is 332 g/mol. The van der Waals surface area contributed by atoms with Crippen LogP contribution in [0.4, 0.5) is 5.69 Å². The highest BCUT2D eigenvalue weighted by molar-refractivity contribution is 5.98. The first-order chi connectivity index (χ1) is 12.3. The van der Waals surface area contributed by atoms with Gasteiger partial charge in [0.25, 0.3) is 5.91 Å². The lowest BCUT2D eigenvalue weighted by atomic mass is 9.96. The number of benzene rings is 2. The van der Waals surface area contributed by atoms with Crippen molar-refractivity contribution in [1.82, 2.24) is 5.32 Å². The molecule has 0 heterocycles. The van der Waals surface area contributed by atoms with E-state index in [1.54, 1.807) is 18.2 Å². The maximum absolute atomic E-state index is 12.5. The van der Waals surface area contributed by atoms with Crippen LogP contribution < -0.4 is 10.6 Å². The topological polar surface area (TPSA) is 95.5 Å². The standard InChI is InChI=1S/C20H22N2O4/c1-12-6-4-7-13(2)17(12)11-18(20(25)26)22-19(24)15-8-5-9-16(10-15)21-14(3)23/h4-10,18H,11H2,1-3H3,(H,21,23)(H,22,24)(H,25,26)/t18-/m0/s1. The summed E-state index contributed by atoms with van der Waals surface area (Å²) < 4.78 is 0. The van der Waals surface area contributed by atoms with Crippen molar-refractivity contribution in [2.75, 3.05) is 5.32 Å². The molecule has 26 heavy (non-hydrogen) atoms. The van der Waals surface area contributed by atoms with E-state index in [1.165, 1.54) is 13.0 Å². The number of carbonyl (C=O) groups is 3. The number of rotatable bonds is 6. The third kappa shape index (κ3) is 4.92. The van der Waals surface area contributed by atoms with E-state index in [2.05, 4.69) is 10.6 Å². The zero-order valence-electron chi connectivity index (χ0n) is 15.0. The van der Waals surface area contributed by atoms with Gasteiger partial charge in [0.15, 0.2) is 0 Å². The number of anilines is 1. The van der Waals surface area contributed by atoms with Gasteiger partial charge in [-0.3, -0.25) is 9.59 Å². The molecule has 3 N–H and O–H groups in total. The minimum absolute atomic E-state index is 0.199. The summed E-state index contributed by atoms with van der Waals surface area (Å²) in [6.45, 7) is 5.21. The first-order valence-corrected chi connectivity index (χ1v) is 8.24. The highest BCUT2D eigenvalue weighted by atomic mass is 16.4. The van der Waals surface area contributed by atoms with Gasteiger partial charge >= 0.3 is 5.97 Å².